The van der Waals surface area contributed by atoms with Crippen molar-refractivity contribution in [3.8, 4) is 0 Å². The summed E-state index contributed by atoms with van der Waals surface area (Å²) >= 11 is 0. The van der Waals surface area contributed by atoms with E-state index in [1.54, 1.807) is 19.1 Å². The lowest BCUT2D eigenvalue weighted by Gasteiger charge is -2.51. The Kier molecular flexibility index (Phi) is 3.42. The monoisotopic (exact) mass is 304 g/mol. The third kappa shape index (κ3) is 2.09. The summed E-state index contributed by atoms with van der Waals surface area (Å²) in [5, 5.41) is 10.9. The maximum Gasteiger partial charge on any atom is 0.311 e. The molecule has 0 amide bonds. The lowest BCUT2D eigenvalue weighted by molar-refractivity contribution is -0.385. The summed E-state index contributed by atoms with van der Waals surface area (Å²) < 4.78 is 4.98. The van der Waals surface area contributed by atoms with Crippen LogP contribution in [-0.4, -0.2) is 23.0 Å². The number of methoxy groups -OCH3 is 1. The second-order valence-electron chi connectivity index (χ2n) is 6.61. The maximum absolute atomic E-state index is 12.0. The molecule has 6 heteroatoms. The smallest absolute Gasteiger partial charge is 0.311 e. The number of rotatable bonds is 3. The van der Waals surface area contributed by atoms with Crippen LogP contribution in [0.1, 0.15) is 49.9 Å². The van der Waals surface area contributed by atoms with Crippen LogP contribution in [0.15, 0.2) is 12.1 Å². The molecule has 3 aliphatic carbocycles. The predicted molar refractivity (Wildman–Crippen MR) is 79.5 cm³/mol. The molecule has 6 nitrogen and oxygen atoms in total. The zero-order valence-electron chi connectivity index (χ0n) is 12.9. The van der Waals surface area contributed by atoms with Crippen LogP contribution in [0.5, 0.6) is 0 Å². The van der Waals surface area contributed by atoms with Gasteiger partial charge < -0.3 is 4.74 Å². The summed E-state index contributed by atoms with van der Waals surface area (Å²) in [6, 6.07) is 3.35. The first kappa shape index (κ1) is 14.9. The molecule has 4 rings (SSSR count). The van der Waals surface area contributed by atoms with Gasteiger partial charge in [0.1, 0.15) is 5.69 Å². The fourth-order valence-corrected chi connectivity index (χ4v) is 4.13. The minimum Gasteiger partial charge on any atom is -0.469 e. The number of esters is 1. The van der Waals surface area contributed by atoms with Gasteiger partial charge in [0.15, 0.2) is 0 Å². The number of carbonyl (C=O) groups excluding carboxylic acids is 1. The van der Waals surface area contributed by atoms with Gasteiger partial charge in [-0.2, -0.15) is 0 Å². The van der Waals surface area contributed by atoms with Crippen LogP contribution >= 0.6 is 0 Å². The van der Waals surface area contributed by atoms with Gasteiger partial charge in [0.05, 0.1) is 17.4 Å². The van der Waals surface area contributed by atoms with Crippen molar-refractivity contribution in [2.24, 2.45) is 5.41 Å². The summed E-state index contributed by atoms with van der Waals surface area (Å²) in [7, 11) is 1.45. The normalized spacial score (nSPS) is 30.1. The van der Waals surface area contributed by atoms with Crippen molar-refractivity contribution in [2.75, 3.05) is 7.11 Å². The van der Waals surface area contributed by atoms with Gasteiger partial charge in [0, 0.05) is 17.2 Å². The molecule has 0 spiro atoms. The Balaban J connectivity index is 1.88. The fraction of sp³-hybridized carbons (Fsp3) is 0.625. The highest BCUT2D eigenvalue weighted by Gasteiger charge is 2.54. The van der Waals surface area contributed by atoms with Crippen molar-refractivity contribution >= 4 is 11.7 Å². The Morgan fingerprint density at radius 3 is 2.27 bits per heavy atom. The second kappa shape index (κ2) is 5.04. The molecule has 2 bridgehead atoms. The van der Waals surface area contributed by atoms with Crippen molar-refractivity contribution in [3.05, 3.63) is 33.6 Å². The van der Waals surface area contributed by atoms with Crippen LogP contribution in [-0.2, 0) is 14.9 Å². The number of pyridine rings is 1. The number of nitrogens with zero attached hydrogens (tertiary/aromatic N) is 2. The summed E-state index contributed by atoms with van der Waals surface area (Å²) in [4.78, 5) is 27.1. The first-order valence-corrected chi connectivity index (χ1v) is 7.63. The van der Waals surface area contributed by atoms with Gasteiger partial charge in [0.25, 0.3) is 5.69 Å². The van der Waals surface area contributed by atoms with E-state index < -0.39 is 4.92 Å². The van der Waals surface area contributed by atoms with Gasteiger partial charge in [-0.05, 0) is 51.5 Å². The van der Waals surface area contributed by atoms with E-state index in [1.165, 1.54) is 7.11 Å². The highest BCUT2D eigenvalue weighted by molar-refractivity contribution is 5.77. The minimum absolute atomic E-state index is 0.0321. The number of ether oxygens (including phenoxy) is 1. The van der Waals surface area contributed by atoms with E-state index in [9.17, 15) is 14.9 Å². The number of fused-ring (bicyclic) bond motifs is 3. The van der Waals surface area contributed by atoms with E-state index >= 15 is 0 Å². The third-order valence-corrected chi connectivity index (χ3v) is 5.66. The van der Waals surface area contributed by atoms with Gasteiger partial charge in [-0.15, -0.1) is 0 Å². The molecular weight excluding hydrogens is 284 g/mol. The molecule has 0 aromatic carbocycles. The zero-order valence-corrected chi connectivity index (χ0v) is 12.9. The Labute approximate surface area is 129 Å². The van der Waals surface area contributed by atoms with Gasteiger partial charge in [-0.3, -0.25) is 19.9 Å². The van der Waals surface area contributed by atoms with Crippen LogP contribution in [0.25, 0.3) is 0 Å². The molecule has 3 saturated carbocycles. The van der Waals surface area contributed by atoms with Crippen LogP contribution in [0.4, 0.5) is 5.69 Å². The molecule has 3 fully saturated rings. The molecule has 0 atom stereocenters. The average molecular weight is 304 g/mol. The number of aromatic nitrogens is 1. The highest BCUT2D eigenvalue weighted by atomic mass is 16.6. The van der Waals surface area contributed by atoms with Crippen LogP contribution in [0.2, 0.25) is 0 Å². The molecule has 1 aromatic heterocycles. The van der Waals surface area contributed by atoms with Crippen molar-refractivity contribution in [1.29, 1.82) is 0 Å². The second-order valence-corrected chi connectivity index (χ2v) is 6.61. The number of hydrogen-bond acceptors (Lipinski definition) is 5. The quantitative estimate of drug-likeness (QED) is 0.487. The highest BCUT2D eigenvalue weighted by Crippen LogP contribution is 2.57. The predicted octanol–water partition coefficient (Wildman–Crippen LogP) is 3.06. The molecule has 1 aromatic rings. The molecule has 0 saturated heterocycles. The molecule has 0 radical (unpaired) electrons. The molecule has 0 unspecified atom stereocenters. The van der Waals surface area contributed by atoms with Crippen molar-refractivity contribution < 1.29 is 14.5 Å². The maximum atomic E-state index is 12.0. The molecule has 0 aliphatic heterocycles. The van der Waals surface area contributed by atoms with Crippen LogP contribution < -0.4 is 0 Å². The Hall–Kier alpha value is -1.98. The standard InChI is InChI=1S/C16H20N2O4/c1-11-12(18(20)21)3-4-13(17-11)15-5-8-16(9-6-15,10-7-15)14(19)22-2/h3-4H,5-10H2,1-2H3. The fourth-order valence-electron chi connectivity index (χ4n) is 4.13. The third-order valence-electron chi connectivity index (χ3n) is 5.66. The first-order chi connectivity index (χ1) is 10.4. The molecular formula is C16H20N2O4. The lowest BCUT2D eigenvalue weighted by atomic mass is 9.52. The van der Waals surface area contributed by atoms with E-state index in [0.717, 1.165) is 44.2 Å². The SMILES string of the molecule is COC(=O)C12CCC(c3ccc([N+](=O)[O-])c(C)n3)(CC1)CC2. The number of aryl methyl sites for hydroxylation is 1. The van der Waals surface area contributed by atoms with Crippen molar-refractivity contribution in [3.63, 3.8) is 0 Å². The number of hydrogen-bond donors (Lipinski definition) is 0. The van der Waals surface area contributed by atoms with Crippen molar-refractivity contribution in [1.82, 2.24) is 4.98 Å². The molecule has 22 heavy (non-hydrogen) atoms. The van der Waals surface area contributed by atoms with E-state index in [4.69, 9.17) is 4.74 Å². The van der Waals surface area contributed by atoms with Gasteiger partial charge in [-0.1, -0.05) is 0 Å². The van der Waals surface area contributed by atoms with Crippen LogP contribution in [0, 0.1) is 22.5 Å². The lowest BCUT2D eigenvalue weighted by Crippen LogP contribution is -2.48. The summed E-state index contributed by atoms with van der Waals surface area (Å²) in [6.45, 7) is 1.68. The Morgan fingerprint density at radius 1 is 1.23 bits per heavy atom. The van der Waals surface area contributed by atoms with E-state index in [-0.39, 0.29) is 22.5 Å². The molecule has 1 heterocycles. The minimum atomic E-state index is -0.395. The van der Waals surface area contributed by atoms with Gasteiger partial charge >= 0.3 is 5.97 Å². The molecule has 3 aliphatic rings. The topological polar surface area (TPSA) is 82.3 Å². The average Bonchev–Trinajstić information content (AvgIpc) is 2.55. The Bertz CT molecular complexity index is 617. The Morgan fingerprint density at radius 2 is 1.82 bits per heavy atom. The summed E-state index contributed by atoms with van der Waals surface area (Å²) in [5.74, 6) is -0.0892. The van der Waals surface area contributed by atoms with Gasteiger partial charge in [0.2, 0.25) is 0 Å². The van der Waals surface area contributed by atoms with Crippen molar-refractivity contribution in [2.45, 2.75) is 50.9 Å². The number of carbonyl (C=O) groups is 1. The zero-order chi connectivity index (χ0) is 16.0. The molecule has 0 N–H and O–H groups in total. The number of nitro groups is 1. The van der Waals surface area contributed by atoms with Crippen LogP contribution in [0.3, 0.4) is 0 Å². The summed E-state index contributed by atoms with van der Waals surface area (Å²) in [6.07, 6.45) is 5.14. The largest absolute Gasteiger partial charge is 0.469 e. The van der Waals surface area contributed by atoms with E-state index in [2.05, 4.69) is 4.98 Å². The summed E-state index contributed by atoms with van der Waals surface area (Å²) in [5.41, 5.74) is 1.12. The van der Waals surface area contributed by atoms with Gasteiger partial charge in [-0.25, -0.2) is 0 Å². The van der Waals surface area contributed by atoms with E-state index in [1.807, 2.05) is 0 Å². The first-order valence-electron chi connectivity index (χ1n) is 7.63. The molecule has 118 valence electrons. The van der Waals surface area contributed by atoms with E-state index in [0.29, 0.717) is 5.69 Å².